The molecule has 0 unspecified atom stereocenters. The van der Waals surface area contributed by atoms with Crippen molar-refractivity contribution in [2.45, 2.75) is 64.8 Å². The molecule has 0 saturated heterocycles. The molecule has 0 aliphatic carbocycles. The lowest BCUT2D eigenvalue weighted by atomic mass is 9.17. The molecule has 27 heavy (non-hydrogen) atoms. The smallest absolute Gasteiger partial charge is 0.118 e. The molecule has 0 fully saturated rings. The third-order valence-corrected chi connectivity index (χ3v) is 6.00. The topological polar surface area (TPSA) is 18.5 Å². The third kappa shape index (κ3) is 6.64. The fourth-order valence-electron chi connectivity index (χ4n) is 4.42. The maximum Gasteiger partial charge on any atom is 0.118 e. The molecule has 0 atom stereocenters. The van der Waals surface area contributed by atoms with Crippen LogP contribution in [-0.4, -0.2) is 20.4 Å². The molecule has 2 aromatic carbocycles. The summed E-state index contributed by atoms with van der Waals surface area (Å²) in [6.45, 7) is 4.61. The maximum atomic E-state index is 5.34. The van der Waals surface area contributed by atoms with Crippen LogP contribution in [0.3, 0.4) is 0 Å². The summed E-state index contributed by atoms with van der Waals surface area (Å²) in [4.78, 5) is 0. The number of rotatable bonds is 12. The van der Waals surface area contributed by atoms with Gasteiger partial charge in [0.2, 0.25) is 0 Å². The van der Waals surface area contributed by atoms with Crippen molar-refractivity contribution in [3.05, 3.63) is 59.7 Å². The predicted molar refractivity (Wildman–Crippen MR) is 119 cm³/mol. The molecule has 0 heterocycles. The molecule has 0 amide bonds. The summed E-state index contributed by atoms with van der Waals surface area (Å²) in [5.74, 6) is 1.88. The van der Waals surface area contributed by atoms with E-state index in [0.29, 0.717) is 0 Å². The van der Waals surface area contributed by atoms with E-state index in [1.807, 2.05) is 0 Å². The Kier molecular flexibility index (Phi) is 8.77. The first-order valence-corrected chi connectivity index (χ1v) is 10.6. The first kappa shape index (κ1) is 21.4. The van der Waals surface area contributed by atoms with Gasteiger partial charge in [-0.1, -0.05) is 74.9 Å². The SMILES string of the molecule is CCCC[B-](CCCC)(Cc1ccc(OC)cc1)Cc1ccc(OC)cc1. The van der Waals surface area contributed by atoms with Crippen LogP contribution in [0.5, 0.6) is 11.5 Å². The van der Waals surface area contributed by atoms with Gasteiger partial charge in [0.25, 0.3) is 0 Å². The molecular weight excluding hydrogens is 331 g/mol. The Balaban J connectivity index is 2.27. The Labute approximate surface area is 166 Å². The third-order valence-electron chi connectivity index (χ3n) is 6.00. The van der Waals surface area contributed by atoms with E-state index in [1.165, 1.54) is 62.1 Å². The van der Waals surface area contributed by atoms with E-state index in [-0.39, 0.29) is 0 Å². The second kappa shape index (κ2) is 11.1. The Hall–Kier alpha value is -1.90. The average Bonchev–Trinajstić information content (AvgIpc) is 2.72. The maximum absolute atomic E-state index is 5.34. The van der Waals surface area contributed by atoms with Crippen LogP contribution < -0.4 is 9.47 Å². The molecule has 2 rings (SSSR count). The Morgan fingerprint density at radius 1 is 0.630 bits per heavy atom. The zero-order chi connectivity index (χ0) is 19.5. The zero-order valence-corrected chi connectivity index (χ0v) is 17.7. The molecule has 0 aromatic heterocycles. The van der Waals surface area contributed by atoms with E-state index in [0.717, 1.165) is 11.5 Å². The number of hydrogen-bond donors (Lipinski definition) is 0. The second-order valence-corrected chi connectivity index (χ2v) is 8.12. The Morgan fingerprint density at radius 3 is 1.30 bits per heavy atom. The largest absolute Gasteiger partial charge is 0.497 e. The van der Waals surface area contributed by atoms with Gasteiger partial charge in [-0.05, 0) is 24.3 Å². The lowest BCUT2D eigenvalue weighted by molar-refractivity contribution is 0.414. The van der Waals surface area contributed by atoms with E-state index in [1.54, 1.807) is 14.2 Å². The van der Waals surface area contributed by atoms with Gasteiger partial charge in [0.1, 0.15) is 11.5 Å². The van der Waals surface area contributed by atoms with Crippen LogP contribution in [0.1, 0.15) is 50.7 Å². The van der Waals surface area contributed by atoms with Gasteiger partial charge in [-0.2, -0.15) is 25.3 Å². The minimum Gasteiger partial charge on any atom is -0.497 e. The first-order chi connectivity index (χ1) is 13.1. The minimum atomic E-state index is -0.482. The van der Waals surface area contributed by atoms with Crippen molar-refractivity contribution in [2.75, 3.05) is 14.2 Å². The lowest BCUT2D eigenvalue weighted by Gasteiger charge is -2.40. The van der Waals surface area contributed by atoms with Crippen LogP contribution in [0.15, 0.2) is 48.5 Å². The van der Waals surface area contributed by atoms with Crippen molar-refractivity contribution in [1.82, 2.24) is 0 Å². The van der Waals surface area contributed by atoms with Gasteiger partial charge in [-0.25, -0.2) is 0 Å². The van der Waals surface area contributed by atoms with Crippen molar-refractivity contribution in [3.8, 4) is 11.5 Å². The molecule has 148 valence electrons. The quantitative estimate of drug-likeness (QED) is 0.393. The van der Waals surface area contributed by atoms with Crippen LogP contribution in [0.4, 0.5) is 0 Å². The molecule has 0 spiro atoms. The highest BCUT2D eigenvalue weighted by atomic mass is 16.5. The summed E-state index contributed by atoms with van der Waals surface area (Å²) < 4.78 is 10.7. The molecule has 0 radical (unpaired) electrons. The summed E-state index contributed by atoms with van der Waals surface area (Å²) in [5, 5.41) is 0. The van der Waals surface area contributed by atoms with Crippen LogP contribution in [0.2, 0.25) is 12.6 Å². The van der Waals surface area contributed by atoms with Crippen LogP contribution in [0, 0.1) is 0 Å². The predicted octanol–water partition coefficient (Wildman–Crippen LogP) is 6.62. The van der Waals surface area contributed by atoms with E-state index in [2.05, 4.69) is 62.4 Å². The summed E-state index contributed by atoms with van der Waals surface area (Å²) in [5.41, 5.74) is 2.88. The summed E-state index contributed by atoms with van der Waals surface area (Å²) in [6, 6.07) is 17.4. The molecule has 2 aromatic rings. The average molecular weight is 367 g/mol. The highest BCUT2D eigenvalue weighted by Gasteiger charge is 2.24. The summed E-state index contributed by atoms with van der Waals surface area (Å²) in [6.07, 6.45) is 9.74. The van der Waals surface area contributed by atoms with Crippen molar-refractivity contribution in [1.29, 1.82) is 0 Å². The Morgan fingerprint density at radius 2 is 1.00 bits per heavy atom. The van der Waals surface area contributed by atoms with Crippen molar-refractivity contribution >= 4 is 6.15 Å². The molecule has 0 aliphatic rings. The fourth-order valence-corrected chi connectivity index (χ4v) is 4.42. The summed E-state index contributed by atoms with van der Waals surface area (Å²) in [7, 11) is 3.46. The van der Waals surface area contributed by atoms with Crippen molar-refractivity contribution < 1.29 is 9.47 Å². The normalized spacial score (nSPS) is 11.4. The molecule has 0 bridgehead atoms. The number of ether oxygens (including phenoxy) is 2. The van der Waals surface area contributed by atoms with Gasteiger partial charge >= 0.3 is 0 Å². The van der Waals surface area contributed by atoms with Crippen LogP contribution >= 0.6 is 0 Å². The van der Waals surface area contributed by atoms with Crippen LogP contribution in [-0.2, 0) is 12.6 Å². The van der Waals surface area contributed by atoms with Gasteiger partial charge in [-0.3, -0.25) is 0 Å². The molecule has 0 aliphatic heterocycles. The van der Waals surface area contributed by atoms with E-state index in [9.17, 15) is 0 Å². The monoisotopic (exact) mass is 367 g/mol. The van der Waals surface area contributed by atoms with Gasteiger partial charge < -0.3 is 9.47 Å². The van der Waals surface area contributed by atoms with Crippen molar-refractivity contribution in [3.63, 3.8) is 0 Å². The van der Waals surface area contributed by atoms with Gasteiger partial charge in [-0.15, -0.1) is 0 Å². The minimum absolute atomic E-state index is 0.482. The highest BCUT2D eigenvalue weighted by molar-refractivity contribution is 6.78. The molecule has 2 nitrogen and oxygen atoms in total. The summed E-state index contributed by atoms with van der Waals surface area (Å²) >= 11 is 0. The van der Waals surface area contributed by atoms with Gasteiger partial charge in [0.15, 0.2) is 0 Å². The number of benzene rings is 2. The molecular formula is C24H36BO2-. The first-order valence-electron chi connectivity index (χ1n) is 10.6. The lowest BCUT2D eigenvalue weighted by Crippen LogP contribution is -2.40. The van der Waals surface area contributed by atoms with E-state index < -0.39 is 6.15 Å². The number of methoxy groups -OCH3 is 2. The fraction of sp³-hybridized carbons (Fsp3) is 0.500. The second-order valence-electron chi connectivity index (χ2n) is 8.12. The molecule has 0 N–H and O–H groups in total. The Bertz CT molecular complexity index is 590. The number of hydrogen-bond acceptors (Lipinski definition) is 2. The zero-order valence-electron chi connectivity index (χ0n) is 17.7. The van der Waals surface area contributed by atoms with Gasteiger partial charge in [0, 0.05) is 6.15 Å². The molecule has 0 saturated carbocycles. The van der Waals surface area contributed by atoms with Crippen LogP contribution in [0.25, 0.3) is 0 Å². The number of unbranched alkanes of at least 4 members (excludes halogenated alkanes) is 2. The van der Waals surface area contributed by atoms with E-state index in [4.69, 9.17) is 9.47 Å². The highest BCUT2D eigenvalue weighted by Crippen LogP contribution is 2.31. The van der Waals surface area contributed by atoms with Crippen molar-refractivity contribution in [2.24, 2.45) is 0 Å². The van der Waals surface area contributed by atoms with Gasteiger partial charge in [0.05, 0.1) is 14.2 Å². The molecule has 3 heteroatoms. The van der Waals surface area contributed by atoms with E-state index >= 15 is 0 Å². The standard InChI is InChI=1S/C24H36BO2/c1-5-7-17-25(18-8-6-2,19-21-9-13-23(26-3)14-10-21)20-22-11-15-24(27-4)16-12-22/h9-16H,5-8,17-20H2,1-4H3/q-1.